The van der Waals surface area contributed by atoms with Gasteiger partial charge in [-0.3, -0.25) is 23.8 Å². The third-order valence-electron chi connectivity index (χ3n) is 5.26. The van der Waals surface area contributed by atoms with Gasteiger partial charge in [-0.2, -0.15) is 8.42 Å². The first-order valence-electron chi connectivity index (χ1n) is 9.77. The Balaban J connectivity index is 1.70. The van der Waals surface area contributed by atoms with Crippen molar-refractivity contribution < 1.29 is 54.8 Å². The quantitative estimate of drug-likeness (QED) is 0.427. The standard InChI is InChI=1S/C21H13F4NO8S2/c22-12-7-10(9-2-1-3-11(6-9)34-21(23,24)25)4-5-13(12)26-8-14(27)15-16(18(26)28)17(19(29)30)35-20(15)36(31,32)33/h1-7,17,20H,8H2,(H,29,30)(H,31,32,33). The largest absolute Gasteiger partial charge is 0.573 e. The summed E-state index contributed by atoms with van der Waals surface area (Å²) in [7, 11) is -4.94. The first kappa shape index (κ1) is 25.7. The summed E-state index contributed by atoms with van der Waals surface area (Å²) in [6.07, 6.45) is -4.94. The van der Waals surface area contributed by atoms with Gasteiger partial charge in [-0.1, -0.05) is 18.2 Å². The molecule has 0 spiro atoms. The number of benzene rings is 2. The Labute approximate surface area is 204 Å². The number of ketones is 1. The van der Waals surface area contributed by atoms with Crippen LogP contribution >= 0.6 is 11.8 Å². The maximum absolute atomic E-state index is 15.1. The number of carboxylic acids is 1. The van der Waals surface area contributed by atoms with Crippen LogP contribution in [0.2, 0.25) is 0 Å². The lowest BCUT2D eigenvalue weighted by Crippen LogP contribution is -2.45. The minimum absolute atomic E-state index is 0.103. The molecule has 0 saturated carbocycles. The average molecular weight is 547 g/mol. The minimum atomic E-state index is -4.94. The monoisotopic (exact) mass is 547 g/mol. The predicted octanol–water partition coefficient (Wildman–Crippen LogP) is 3.02. The van der Waals surface area contributed by atoms with Crippen LogP contribution in [0.25, 0.3) is 11.1 Å². The summed E-state index contributed by atoms with van der Waals surface area (Å²) in [4.78, 5) is 38.1. The fourth-order valence-corrected chi connectivity index (χ4v) is 6.43. The zero-order valence-electron chi connectivity index (χ0n) is 17.5. The number of aliphatic carboxylic acids is 1. The van der Waals surface area contributed by atoms with Gasteiger partial charge < -0.3 is 9.84 Å². The van der Waals surface area contributed by atoms with Crippen LogP contribution in [-0.4, -0.2) is 58.5 Å². The minimum Gasteiger partial charge on any atom is -0.480 e. The molecule has 15 heteroatoms. The molecule has 1 amide bonds. The number of Topliss-reactive ketones (excluding diaryl/α,β-unsaturated/α-hetero) is 1. The number of anilines is 1. The molecular formula is C21H13F4NO8S2. The number of carbonyl (C=O) groups is 3. The zero-order valence-corrected chi connectivity index (χ0v) is 19.2. The van der Waals surface area contributed by atoms with Gasteiger partial charge in [0.2, 0.25) is 0 Å². The van der Waals surface area contributed by atoms with Gasteiger partial charge in [0.1, 0.15) is 16.8 Å². The Kier molecular flexibility index (Phi) is 6.34. The second-order valence-corrected chi connectivity index (χ2v) is 10.6. The van der Waals surface area contributed by atoms with Crippen molar-refractivity contribution in [1.82, 2.24) is 0 Å². The molecule has 0 fully saturated rings. The van der Waals surface area contributed by atoms with Crippen LogP contribution in [0.15, 0.2) is 53.6 Å². The van der Waals surface area contributed by atoms with Crippen LogP contribution in [-0.2, 0) is 24.5 Å². The lowest BCUT2D eigenvalue weighted by Gasteiger charge is -2.29. The van der Waals surface area contributed by atoms with Crippen molar-refractivity contribution in [3.8, 4) is 16.9 Å². The summed E-state index contributed by atoms with van der Waals surface area (Å²) in [6.45, 7) is -0.832. The number of amides is 1. The Morgan fingerprint density at radius 2 is 1.75 bits per heavy atom. The van der Waals surface area contributed by atoms with Gasteiger partial charge in [0.15, 0.2) is 10.4 Å². The van der Waals surface area contributed by atoms with Crippen LogP contribution in [0.3, 0.4) is 0 Å². The zero-order chi connectivity index (χ0) is 26.6. The Morgan fingerprint density at radius 1 is 1.08 bits per heavy atom. The van der Waals surface area contributed by atoms with Gasteiger partial charge in [0.25, 0.3) is 16.0 Å². The van der Waals surface area contributed by atoms with Crippen molar-refractivity contribution in [2.24, 2.45) is 0 Å². The molecule has 0 aromatic heterocycles. The number of ether oxygens (including phenoxy) is 1. The molecule has 2 aromatic carbocycles. The molecule has 190 valence electrons. The molecule has 0 aliphatic carbocycles. The van der Waals surface area contributed by atoms with Crippen molar-refractivity contribution in [2.45, 2.75) is 16.2 Å². The van der Waals surface area contributed by atoms with Crippen molar-refractivity contribution in [2.75, 3.05) is 11.4 Å². The summed E-state index contributed by atoms with van der Waals surface area (Å²) >= 11 is 0.179. The van der Waals surface area contributed by atoms with Crippen molar-refractivity contribution in [3.05, 3.63) is 59.4 Å². The normalized spacial score (nSPS) is 20.5. The maximum atomic E-state index is 15.1. The summed E-state index contributed by atoms with van der Waals surface area (Å²) in [5, 5.41) is 7.64. The highest BCUT2D eigenvalue weighted by atomic mass is 32.3. The second kappa shape index (κ2) is 8.90. The molecule has 0 bridgehead atoms. The smallest absolute Gasteiger partial charge is 0.480 e. The van der Waals surface area contributed by atoms with Crippen molar-refractivity contribution in [1.29, 1.82) is 0 Å². The summed E-state index contributed by atoms with van der Waals surface area (Å²) in [6, 6.07) is 7.90. The first-order chi connectivity index (χ1) is 16.7. The van der Waals surface area contributed by atoms with Crippen LogP contribution in [0, 0.1) is 5.82 Å². The fourth-order valence-electron chi connectivity index (χ4n) is 3.86. The number of hydrogen-bond donors (Lipinski definition) is 2. The lowest BCUT2D eigenvalue weighted by molar-refractivity contribution is -0.274. The van der Waals surface area contributed by atoms with E-state index >= 15 is 4.39 Å². The Morgan fingerprint density at radius 3 is 2.33 bits per heavy atom. The van der Waals surface area contributed by atoms with E-state index < -0.39 is 78.9 Å². The molecule has 2 aliphatic rings. The molecular weight excluding hydrogens is 534 g/mol. The van der Waals surface area contributed by atoms with Gasteiger partial charge in [-0.25, -0.2) is 4.39 Å². The maximum Gasteiger partial charge on any atom is 0.573 e. The molecule has 0 saturated heterocycles. The predicted molar refractivity (Wildman–Crippen MR) is 117 cm³/mol. The molecule has 2 heterocycles. The van der Waals surface area contributed by atoms with E-state index in [1.165, 1.54) is 18.2 Å². The number of alkyl halides is 3. The molecule has 2 aliphatic heterocycles. The number of carboxylic acid groups (broad SMARTS) is 1. The highest BCUT2D eigenvalue weighted by Crippen LogP contribution is 2.45. The topological polar surface area (TPSA) is 138 Å². The van der Waals surface area contributed by atoms with E-state index in [1.54, 1.807) is 0 Å². The van der Waals surface area contributed by atoms with E-state index in [0.29, 0.717) is 4.90 Å². The average Bonchev–Trinajstić information content (AvgIpc) is 3.18. The molecule has 2 unspecified atom stereocenters. The molecule has 36 heavy (non-hydrogen) atoms. The summed E-state index contributed by atoms with van der Waals surface area (Å²) in [5.74, 6) is -5.39. The Hall–Kier alpha value is -3.43. The van der Waals surface area contributed by atoms with Gasteiger partial charge in [-0.05, 0) is 35.4 Å². The van der Waals surface area contributed by atoms with Crippen LogP contribution in [0.4, 0.5) is 23.2 Å². The van der Waals surface area contributed by atoms with E-state index in [9.17, 15) is 45.6 Å². The third-order valence-corrected chi connectivity index (χ3v) is 8.29. The van der Waals surface area contributed by atoms with Crippen LogP contribution in [0.5, 0.6) is 5.75 Å². The number of carbonyl (C=O) groups excluding carboxylic acids is 2. The van der Waals surface area contributed by atoms with Gasteiger partial charge in [0, 0.05) is 5.57 Å². The van der Waals surface area contributed by atoms with Crippen LogP contribution < -0.4 is 9.64 Å². The van der Waals surface area contributed by atoms with Crippen molar-refractivity contribution >= 4 is 45.2 Å². The van der Waals surface area contributed by atoms with E-state index in [2.05, 4.69) is 4.74 Å². The molecule has 9 nitrogen and oxygen atoms in total. The number of hydrogen-bond acceptors (Lipinski definition) is 7. The molecule has 4 rings (SSSR count). The van der Waals surface area contributed by atoms with E-state index in [0.717, 1.165) is 24.3 Å². The van der Waals surface area contributed by atoms with E-state index in [4.69, 9.17) is 0 Å². The molecule has 2 N–H and O–H groups in total. The van der Waals surface area contributed by atoms with E-state index in [-0.39, 0.29) is 22.9 Å². The van der Waals surface area contributed by atoms with Gasteiger partial charge in [-0.15, -0.1) is 24.9 Å². The molecule has 2 aromatic rings. The highest BCUT2D eigenvalue weighted by molar-refractivity contribution is 8.13. The summed E-state index contributed by atoms with van der Waals surface area (Å²) in [5.41, 5.74) is -1.56. The van der Waals surface area contributed by atoms with Crippen LogP contribution in [0.1, 0.15) is 0 Å². The number of halogens is 4. The first-order valence-corrected chi connectivity index (χ1v) is 12.2. The SMILES string of the molecule is O=C1CN(c2ccc(-c3cccc(OC(F)(F)F)c3)cc2F)C(=O)C2=C1C(S(=O)(=O)O)SC2C(=O)O. The van der Waals surface area contributed by atoms with Gasteiger partial charge in [0.05, 0.1) is 17.8 Å². The molecule has 0 radical (unpaired) electrons. The molecule has 2 atom stereocenters. The number of rotatable bonds is 5. The third kappa shape index (κ3) is 4.81. The highest BCUT2D eigenvalue weighted by Gasteiger charge is 2.53. The lowest BCUT2D eigenvalue weighted by atomic mass is 9.95. The number of nitrogens with zero attached hydrogens (tertiary/aromatic N) is 1. The summed E-state index contributed by atoms with van der Waals surface area (Å²) < 4.78 is 87.2. The Bertz CT molecular complexity index is 1440. The van der Waals surface area contributed by atoms with E-state index in [1.807, 2.05) is 0 Å². The van der Waals surface area contributed by atoms with Gasteiger partial charge >= 0.3 is 12.3 Å². The fraction of sp³-hybridized carbons (Fsp3) is 0.190. The van der Waals surface area contributed by atoms with Crippen molar-refractivity contribution in [3.63, 3.8) is 0 Å². The second-order valence-electron chi connectivity index (χ2n) is 7.58. The number of thioether (sulfide) groups is 1.